The summed E-state index contributed by atoms with van der Waals surface area (Å²) in [6.45, 7) is 7.03. The minimum atomic E-state index is 0.349. The molecule has 7 nitrogen and oxygen atoms in total. The number of nitrogens with zero attached hydrogens (tertiary/aromatic N) is 4. The number of nitrogens with two attached hydrogens (primary N) is 1. The Morgan fingerprint density at radius 3 is 2.46 bits per heavy atom. The van der Waals surface area contributed by atoms with E-state index >= 15 is 0 Å². The summed E-state index contributed by atoms with van der Waals surface area (Å²) in [6.07, 6.45) is 1.49. The maximum absolute atomic E-state index is 6.27. The third-order valence-electron chi connectivity index (χ3n) is 4.22. The van der Waals surface area contributed by atoms with Crippen LogP contribution in [0.25, 0.3) is 0 Å². The van der Waals surface area contributed by atoms with Crippen LogP contribution < -0.4 is 20.1 Å². The molecule has 0 amide bonds. The van der Waals surface area contributed by atoms with Gasteiger partial charge in [-0.1, -0.05) is 19.1 Å². The number of para-hydroxylation sites is 2. The molecule has 0 radical (unpaired) electrons. The third-order valence-corrected chi connectivity index (χ3v) is 4.22. The van der Waals surface area contributed by atoms with E-state index < -0.39 is 0 Å². The highest BCUT2D eigenvalue weighted by Crippen LogP contribution is 2.35. The molecule has 2 N–H and O–H groups in total. The molecule has 1 aliphatic heterocycles. The number of hydrogen-bond acceptors (Lipinski definition) is 7. The van der Waals surface area contributed by atoms with Crippen LogP contribution in [0.3, 0.4) is 0 Å². The predicted molar refractivity (Wildman–Crippen MR) is 93.8 cm³/mol. The second kappa shape index (κ2) is 7.35. The Hall–Kier alpha value is -2.54. The fraction of sp³-hybridized carbons (Fsp3) is 0.412. The number of benzene rings is 1. The first-order valence-electron chi connectivity index (χ1n) is 8.11. The average molecular weight is 329 g/mol. The van der Waals surface area contributed by atoms with E-state index in [1.54, 1.807) is 7.11 Å². The number of nitrogen functional groups attached to an aromatic ring is 1. The van der Waals surface area contributed by atoms with Gasteiger partial charge in [-0.15, -0.1) is 0 Å². The molecule has 1 saturated heterocycles. The molecule has 1 fully saturated rings. The van der Waals surface area contributed by atoms with Crippen LogP contribution in [0.5, 0.6) is 17.4 Å². The predicted octanol–water partition coefficient (Wildman–Crippen LogP) is 2.00. The van der Waals surface area contributed by atoms with Gasteiger partial charge in [0.2, 0.25) is 5.88 Å². The highest BCUT2D eigenvalue weighted by atomic mass is 16.5. The number of piperazine rings is 1. The van der Waals surface area contributed by atoms with Crippen LogP contribution in [0, 0.1) is 0 Å². The Kier molecular flexibility index (Phi) is 5.00. The Bertz CT molecular complexity index is 686. The van der Waals surface area contributed by atoms with Gasteiger partial charge in [0.05, 0.1) is 7.11 Å². The van der Waals surface area contributed by atoms with Gasteiger partial charge in [0.25, 0.3) is 0 Å². The molecule has 24 heavy (non-hydrogen) atoms. The van der Waals surface area contributed by atoms with E-state index in [-0.39, 0.29) is 0 Å². The summed E-state index contributed by atoms with van der Waals surface area (Å²) in [6, 6.07) is 7.41. The molecule has 3 rings (SSSR count). The smallest absolute Gasteiger partial charge is 0.248 e. The Morgan fingerprint density at radius 1 is 1.08 bits per heavy atom. The molecule has 0 aliphatic carbocycles. The zero-order valence-corrected chi connectivity index (χ0v) is 14.1. The van der Waals surface area contributed by atoms with Crippen LogP contribution in [0.15, 0.2) is 30.6 Å². The van der Waals surface area contributed by atoms with Crippen molar-refractivity contribution in [3.8, 4) is 17.4 Å². The molecule has 0 saturated carbocycles. The SMILES string of the molecule is CCN1CCN(c2ncnc(Oc3ccccc3OC)c2N)CC1. The normalized spacial score (nSPS) is 15.3. The van der Waals surface area contributed by atoms with E-state index in [2.05, 4.69) is 26.7 Å². The fourth-order valence-electron chi connectivity index (χ4n) is 2.79. The van der Waals surface area contributed by atoms with Gasteiger partial charge >= 0.3 is 0 Å². The molecule has 2 aromatic rings. The zero-order valence-electron chi connectivity index (χ0n) is 14.1. The van der Waals surface area contributed by atoms with Crippen molar-refractivity contribution in [1.29, 1.82) is 0 Å². The second-order valence-corrected chi connectivity index (χ2v) is 5.59. The molecule has 1 aromatic heterocycles. The number of hydrogen-bond donors (Lipinski definition) is 1. The summed E-state index contributed by atoms with van der Waals surface area (Å²) >= 11 is 0. The first kappa shape index (κ1) is 16.3. The zero-order chi connectivity index (χ0) is 16.9. The highest BCUT2D eigenvalue weighted by molar-refractivity contribution is 5.68. The van der Waals surface area contributed by atoms with Gasteiger partial charge in [-0.05, 0) is 18.7 Å². The first-order chi connectivity index (χ1) is 11.7. The molecule has 0 atom stereocenters. The van der Waals surface area contributed by atoms with E-state index in [1.165, 1.54) is 6.33 Å². The molecule has 128 valence electrons. The van der Waals surface area contributed by atoms with Gasteiger partial charge in [-0.25, -0.2) is 4.98 Å². The van der Waals surface area contributed by atoms with Crippen LogP contribution >= 0.6 is 0 Å². The van der Waals surface area contributed by atoms with Gasteiger partial charge in [0, 0.05) is 26.2 Å². The number of methoxy groups -OCH3 is 1. The van der Waals surface area contributed by atoms with Crippen molar-refractivity contribution >= 4 is 11.5 Å². The van der Waals surface area contributed by atoms with Crippen LogP contribution in [-0.4, -0.2) is 54.7 Å². The summed E-state index contributed by atoms with van der Waals surface area (Å²) in [4.78, 5) is 13.1. The van der Waals surface area contributed by atoms with Crippen molar-refractivity contribution in [3.05, 3.63) is 30.6 Å². The summed E-state index contributed by atoms with van der Waals surface area (Å²) in [5, 5.41) is 0. The van der Waals surface area contributed by atoms with Crippen molar-refractivity contribution in [1.82, 2.24) is 14.9 Å². The molecule has 2 heterocycles. The lowest BCUT2D eigenvalue weighted by atomic mass is 10.3. The highest BCUT2D eigenvalue weighted by Gasteiger charge is 2.21. The Labute approximate surface area is 142 Å². The van der Waals surface area contributed by atoms with Gasteiger partial charge in [0.1, 0.15) is 12.0 Å². The largest absolute Gasteiger partial charge is 0.493 e. The van der Waals surface area contributed by atoms with Crippen LogP contribution in [0.4, 0.5) is 11.5 Å². The van der Waals surface area contributed by atoms with Crippen LogP contribution in [0.1, 0.15) is 6.92 Å². The molecule has 1 aromatic carbocycles. The van der Waals surface area contributed by atoms with Crippen molar-refractivity contribution in [2.75, 3.05) is 50.5 Å². The molecule has 1 aliphatic rings. The summed E-state index contributed by atoms with van der Waals surface area (Å²) in [5.41, 5.74) is 6.73. The number of aromatic nitrogens is 2. The van der Waals surface area contributed by atoms with E-state index in [1.807, 2.05) is 24.3 Å². The molecule has 0 bridgehead atoms. The minimum Gasteiger partial charge on any atom is -0.493 e. The van der Waals surface area contributed by atoms with E-state index in [0.29, 0.717) is 23.1 Å². The Morgan fingerprint density at radius 2 is 1.79 bits per heavy atom. The number of anilines is 2. The fourth-order valence-corrected chi connectivity index (χ4v) is 2.79. The number of likely N-dealkylation sites (N-methyl/N-ethyl adjacent to an activating group) is 1. The van der Waals surface area contributed by atoms with Crippen molar-refractivity contribution in [3.63, 3.8) is 0 Å². The summed E-state index contributed by atoms with van der Waals surface area (Å²) in [7, 11) is 1.60. The van der Waals surface area contributed by atoms with E-state index in [0.717, 1.165) is 38.5 Å². The first-order valence-corrected chi connectivity index (χ1v) is 8.11. The number of ether oxygens (including phenoxy) is 2. The summed E-state index contributed by atoms with van der Waals surface area (Å²) < 4.78 is 11.2. The number of rotatable bonds is 5. The van der Waals surface area contributed by atoms with Crippen LogP contribution in [-0.2, 0) is 0 Å². The van der Waals surface area contributed by atoms with E-state index in [4.69, 9.17) is 15.2 Å². The molecule has 0 unspecified atom stereocenters. The third kappa shape index (κ3) is 3.35. The molecular formula is C17H23N5O2. The topological polar surface area (TPSA) is 76.7 Å². The standard InChI is InChI=1S/C17H23N5O2/c1-3-21-8-10-22(11-9-21)16-15(18)17(20-12-19-16)24-14-7-5-4-6-13(14)23-2/h4-7,12H,3,8-11,18H2,1-2H3. The average Bonchev–Trinajstić information content (AvgIpc) is 2.64. The van der Waals surface area contributed by atoms with Gasteiger partial charge in [-0.3, -0.25) is 0 Å². The summed E-state index contributed by atoms with van der Waals surface area (Å²) in [5.74, 6) is 2.29. The van der Waals surface area contributed by atoms with E-state index in [9.17, 15) is 0 Å². The lowest BCUT2D eigenvalue weighted by Crippen LogP contribution is -2.46. The van der Waals surface area contributed by atoms with Crippen molar-refractivity contribution < 1.29 is 9.47 Å². The quantitative estimate of drug-likeness (QED) is 0.899. The maximum atomic E-state index is 6.27. The van der Waals surface area contributed by atoms with Crippen molar-refractivity contribution in [2.45, 2.75) is 6.92 Å². The monoisotopic (exact) mass is 329 g/mol. The molecule has 0 spiro atoms. The molecule has 7 heteroatoms. The minimum absolute atomic E-state index is 0.349. The maximum Gasteiger partial charge on any atom is 0.248 e. The lowest BCUT2D eigenvalue weighted by molar-refractivity contribution is 0.270. The second-order valence-electron chi connectivity index (χ2n) is 5.59. The van der Waals surface area contributed by atoms with Crippen LogP contribution in [0.2, 0.25) is 0 Å². The van der Waals surface area contributed by atoms with Gasteiger partial charge < -0.3 is 25.0 Å². The van der Waals surface area contributed by atoms with Gasteiger partial charge in [0.15, 0.2) is 17.3 Å². The lowest BCUT2D eigenvalue weighted by Gasteiger charge is -2.35. The molecular weight excluding hydrogens is 306 g/mol. The Balaban J connectivity index is 1.81. The van der Waals surface area contributed by atoms with Gasteiger partial charge in [-0.2, -0.15) is 4.98 Å². The van der Waals surface area contributed by atoms with Crippen molar-refractivity contribution in [2.24, 2.45) is 0 Å².